The Kier molecular flexibility index (Phi) is 5.33. The maximum Gasteiger partial charge on any atom is 0.240 e. The lowest BCUT2D eigenvalue weighted by Crippen LogP contribution is -2.19. The summed E-state index contributed by atoms with van der Waals surface area (Å²) in [6.07, 6.45) is 0. The van der Waals surface area contributed by atoms with E-state index in [-0.39, 0.29) is 16.4 Å². The van der Waals surface area contributed by atoms with Gasteiger partial charge in [0, 0.05) is 18.0 Å². The first-order valence-corrected chi connectivity index (χ1v) is 9.09. The summed E-state index contributed by atoms with van der Waals surface area (Å²) in [6.45, 7) is 1.90. The third-order valence-electron chi connectivity index (χ3n) is 2.62. The van der Waals surface area contributed by atoms with E-state index in [1.165, 1.54) is 19.2 Å². The molecular formula is C11H18N2O4S2. The van der Waals surface area contributed by atoms with E-state index in [4.69, 9.17) is 0 Å². The van der Waals surface area contributed by atoms with Crippen LogP contribution < -0.4 is 10.0 Å². The van der Waals surface area contributed by atoms with Crippen LogP contribution in [0.25, 0.3) is 0 Å². The highest BCUT2D eigenvalue weighted by Gasteiger charge is 2.10. The highest BCUT2D eigenvalue weighted by atomic mass is 32.2. The first-order valence-electron chi connectivity index (χ1n) is 5.78. The van der Waals surface area contributed by atoms with Crippen molar-refractivity contribution in [3.8, 4) is 0 Å². The van der Waals surface area contributed by atoms with Crippen LogP contribution in [-0.4, -0.2) is 41.9 Å². The molecule has 0 unspecified atom stereocenters. The SMILES string of the molecule is CCS(=O)(=O)CCNc1ccc(S(=O)(=O)NC)cc1. The van der Waals surface area contributed by atoms with Crippen LogP contribution in [0, 0.1) is 0 Å². The van der Waals surface area contributed by atoms with Crippen molar-refractivity contribution in [1.82, 2.24) is 4.72 Å². The Morgan fingerprint density at radius 3 is 2.11 bits per heavy atom. The van der Waals surface area contributed by atoms with Crippen molar-refractivity contribution >= 4 is 25.5 Å². The van der Waals surface area contributed by atoms with Crippen molar-refractivity contribution < 1.29 is 16.8 Å². The third kappa shape index (κ3) is 4.81. The van der Waals surface area contributed by atoms with E-state index in [2.05, 4.69) is 10.0 Å². The summed E-state index contributed by atoms with van der Waals surface area (Å²) in [6, 6.07) is 6.12. The topological polar surface area (TPSA) is 92.3 Å². The van der Waals surface area contributed by atoms with E-state index in [1.807, 2.05) is 0 Å². The minimum Gasteiger partial charge on any atom is -0.384 e. The van der Waals surface area contributed by atoms with E-state index < -0.39 is 19.9 Å². The lowest BCUT2D eigenvalue weighted by molar-refractivity contribution is 0.588. The van der Waals surface area contributed by atoms with Crippen LogP contribution in [-0.2, 0) is 19.9 Å². The number of rotatable bonds is 7. The van der Waals surface area contributed by atoms with Crippen molar-refractivity contribution in [2.75, 3.05) is 30.4 Å². The first kappa shape index (κ1) is 15.9. The molecular weight excluding hydrogens is 288 g/mol. The van der Waals surface area contributed by atoms with Crippen molar-refractivity contribution in [3.63, 3.8) is 0 Å². The van der Waals surface area contributed by atoms with Gasteiger partial charge in [0.15, 0.2) is 9.84 Å². The summed E-state index contributed by atoms with van der Waals surface area (Å²) >= 11 is 0. The summed E-state index contributed by atoms with van der Waals surface area (Å²) in [5.41, 5.74) is 0.682. The zero-order valence-corrected chi connectivity index (χ0v) is 12.5. The molecule has 0 saturated heterocycles. The fourth-order valence-electron chi connectivity index (χ4n) is 1.36. The van der Waals surface area contributed by atoms with Gasteiger partial charge in [0.05, 0.1) is 10.6 Å². The molecule has 0 aliphatic rings. The van der Waals surface area contributed by atoms with Crippen LogP contribution >= 0.6 is 0 Å². The Morgan fingerprint density at radius 2 is 1.63 bits per heavy atom. The molecule has 19 heavy (non-hydrogen) atoms. The fourth-order valence-corrected chi connectivity index (χ4v) is 2.80. The predicted molar refractivity (Wildman–Crippen MR) is 75.5 cm³/mol. The van der Waals surface area contributed by atoms with Crippen molar-refractivity contribution in [3.05, 3.63) is 24.3 Å². The molecule has 0 aliphatic carbocycles. The molecule has 0 heterocycles. The highest BCUT2D eigenvalue weighted by molar-refractivity contribution is 7.91. The molecule has 1 aromatic carbocycles. The van der Waals surface area contributed by atoms with Crippen molar-refractivity contribution in [1.29, 1.82) is 0 Å². The maximum absolute atomic E-state index is 11.5. The summed E-state index contributed by atoms with van der Waals surface area (Å²) in [5.74, 6) is 0.175. The first-order chi connectivity index (χ1) is 8.80. The summed E-state index contributed by atoms with van der Waals surface area (Å²) in [5, 5.41) is 2.94. The second-order valence-corrected chi connectivity index (χ2v) is 8.25. The molecule has 2 N–H and O–H groups in total. The van der Waals surface area contributed by atoms with Crippen LogP contribution in [0.5, 0.6) is 0 Å². The monoisotopic (exact) mass is 306 g/mol. The molecule has 0 amide bonds. The number of benzene rings is 1. The fraction of sp³-hybridized carbons (Fsp3) is 0.455. The van der Waals surface area contributed by atoms with E-state index in [1.54, 1.807) is 19.1 Å². The lowest BCUT2D eigenvalue weighted by Gasteiger charge is -2.07. The van der Waals surface area contributed by atoms with Crippen LogP contribution in [0.4, 0.5) is 5.69 Å². The minimum absolute atomic E-state index is 0.0556. The largest absolute Gasteiger partial charge is 0.384 e. The zero-order chi connectivity index (χ0) is 14.5. The highest BCUT2D eigenvalue weighted by Crippen LogP contribution is 2.13. The van der Waals surface area contributed by atoms with Crippen LogP contribution in [0.15, 0.2) is 29.2 Å². The molecule has 108 valence electrons. The average molecular weight is 306 g/mol. The summed E-state index contributed by atoms with van der Waals surface area (Å²) < 4.78 is 47.8. The van der Waals surface area contributed by atoms with Gasteiger partial charge in [0.25, 0.3) is 0 Å². The smallest absolute Gasteiger partial charge is 0.240 e. The Labute approximate surface area is 114 Å². The molecule has 6 nitrogen and oxygen atoms in total. The molecule has 0 aromatic heterocycles. The second-order valence-electron chi connectivity index (χ2n) is 3.90. The van der Waals surface area contributed by atoms with E-state index >= 15 is 0 Å². The lowest BCUT2D eigenvalue weighted by atomic mass is 10.3. The van der Waals surface area contributed by atoms with Gasteiger partial charge in [-0.05, 0) is 31.3 Å². The maximum atomic E-state index is 11.5. The van der Waals surface area contributed by atoms with Gasteiger partial charge in [-0.2, -0.15) is 0 Å². The second kappa shape index (κ2) is 6.36. The molecule has 0 saturated carbocycles. The van der Waals surface area contributed by atoms with Gasteiger partial charge >= 0.3 is 0 Å². The molecule has 0 fully saturated rings. The van der Waals surface area contributed by atoms with Gasteiger partial charge < -0.3 is 5.32 Å². The number of hydrogen-bond donors (Lipinski definition) is 2. The average Bonchev–Trinajstić information content (AvgIpc) is 2.39. The molecule has 1 rings (SSSR count). The van der Waals surface area contributed by atoms with Gasteiger partial charge in [-0.25, -0.2) is 21.6 Å². The number of hydrogen-bond acceptors (Lipinski definition) is 5. The molecule has 0 spiro atoms. The van der Waals surface area contributed by atoms with Gasteiger partial charge in [0.1, 0.15) is 0 Å². The van der Waals surface area contributed by atoms with Crippen LogP contribution in [0.2, 0.25) is 0 Å². The Balaban J connectivity index is 2.64. The van der Waals surface area contributed by atoms with E-state index in [0.717, 1.165) is 0 Å². The molecule has 1 aromatic rings. The van der Waals surface area contributed by atoms with Crippen molar-refractivity contribution in [2.45, 2.75) is 11.8 Å². The number of sulfone groups is 1. The number of sulfonamides is 1. The zero-order valence-electron chi connectivity index (χ0n) is 10.9. The Hall–Kier alpha value is -1.12. The van der Waals surface area contributed by atoms with Gasteiger partial charge in [-0.1, -0.05) is 6.92 Å². The standard InChI is InChI=1S/C11H18N2O4S2/c1-3-18(14,15)9-8-13-10-4-6-11(7-5-10)19(16,17)12-2/h4-7,12-13H,3,8-9H2,1-2H3. The number of nitrogens with one attached hydrogen (secondary N) is 2. The molecule has 0 atom stereocenters. The van der Waals surface area contributed by atoms with Crippen molar-refractivity contribution in [2.24, 2.45) is 0 Å². The third-order valence-corrected chi connectivity index (χ3v) is 5.75. The normalized spacial score (nSPS) is 12.3. The number of anilines is 1. The molecule has 0 bridgehead atoms. The van der Waals surface area contributed by atoms with Gasteiger partial charge in [0.2, 0.25) is 10.0 Å². The Bertz CT molecular complexity index is 607. The van der Waals surface area contributed by atoms with Crippen LogP contribution in [0.3, 0.4) is 0 Å². The summed E-state index contributed by atoms with van der Waals surface area (Å²) in [7, 11) is -5.09. The quantitative estimate of drug-likeness (QED) is 0.762. The van der Waals surface area contributed by atoms with Gasteiger partial charge in [-0.15, -0.1) is 0 Å². The molecule has 0 radical (unpaired) electrons. The Morgan fingerprint density at radius 1 is 1.05 bits per heavy atom. The molecule has 0 aliphatic heterocycles. The van der Waals surface area contributed by atoms with E-state index in [0.29, 0.717) is 12.2 Å². The van der Waals surface area contributed by atoms with Gasteiger partial charge in [-0.3, -0.25) is 0 Å². The summed E-state index contributed by atoms with van der Waals surface area (Å²) in [4.78, 5) is 0.168. The molecule has 8 heteroatoms. The predicted octanol–water partition coefficient (Wildman–Crippen LogP) is 0.441. The van der Waals surface area contributed by atoms with E-state index in [9.17, 15) is 16.8 Å². The van der Waals surface area contributed by atoms with Crippen LogP contribution in [0.1, 0.15) is 6.92 Å². The minimum atomic E-state index is -3.44.